The van der Waals surface area contributed by atoms with Crippen LogP contribution in [0.5, 0.6) is 0 Å². The molecule has 0 aliphatic carbocycles. The number of hydrogen-bond donors (Lipinski definition) is 1. The third-order valence-electron chi connectivity index (χ3n) is 2.22. The summed E-state index contributed by atoms with van der Waals surface area (Å²) in [5.41, 5.74) is 1.21. The van der Waals surface area contributed by atoms with E-state index in [1.807, 2.05) is 6.92 Å². The van der Waals surface area contributed by atoms with Gasteiger partial charge in [0.25, 0.3) is 0 Å². The van der Waals surface area contributed by atoms with Gasteiger partial charge < -0.3 is 5.11 Å². The monoisotopic (exact) mass is 142 g/mol. The average molecular weight is 142 g/mol. The minimum atomic E-state index is 0.290. The first-order valence-electron chi connectivity index (χ1n) is 3.85. The third kappa shape index (κ3) is 3.02. The van der Waals surface area contributed by atoms with Gasteiger partial charge in [0.2, 0.25) is 0 Å². The molecule has 0 aliphatic heterocycles. The van der Waals surface area contributed by atoms with Crippen molar-refractivity contribution in [3.8, 4) is 0 Å². The minimum absolute atomic E-state index is 0.290. The van der Waals surface area contributed by atoms with Crippen LogP contribution < -0.4 is 0 Å². The summed E-state index contributed by atoms with van der Waals surface area (Å²) < 4.78 is 0. The van der Waals surface area contributed by atoms with Crippen LogP contribution in [0.2, 0.25) is 0 Å². The lowest BCUT2D eigenvalue weighted by Crippen LogP contribution is -2.10. The quantitative estimate of drug-likeness (QED) is 0.597. The zero-order chi connectivity index (χ0) is 8.15. The molecule has 0 bridgehead atoms. The van der Waals surface area contributed by atoms with Crippen molar-refractivity contribution in [2.75, 3.05) is 6.61 Å². The van der Waals surface area contributed by atoms with Gasteiger partial charge in [-0.1, -0.05) is 26.0 Å². The van der Waals surface area contributed by atoms with Crippen LogP contribution in [0, 0.1) is 11.8 Å². The predicted molar refractivity (Wildman–Crippen MR) is 44.8 cm³/mol. The van der Waals surface area contributed by atoms with Gasteiger partial charge >= 0.3 is 0 Å². The summed E-state index contributed by atoms with van der Waals surface area (Å²) in [7, 11) is 0. The summed E-state index contributed by atoms with van der Waals surface area (Å²) in [6.45, 7) is 10.5. The number of rotatable bonds is 4. The summed E-state index contributed by atoms with van der Waals surface area (Å²) in [6, 6.07) is 0. The Hall–Kier alpha value is -0.300. The largest absolute Gasteiger partial charge is 0.396 e. The average Bonchev–Trinajstić information content (AvgIpc) is 1.87. The Kier molecular flexibility index (Phi) is 4.37. The lowest BCUT2D eigenvalue weighted by Gasteiger charge is -2.18. The van der Waals surface area contributed by atoms with Gasteiger partial charge in [-0.2, -0.15) is 0 Å². The zero-order valence-electron chi connectivity index (χ0n) is 7.22. The normalized spacial score (nSPS) is 16.4. The highest BCUT2D eigenvalue weighted by molar-refractivity contribution is 4.95. The molecule has 0 aliphatic rings. The molecule has 1 heteroatoms. The van der Waals surface area contributed by atoms with Crippen LogP contribution in [0.4, 0.5) is 0 Å². The van der Waals surface area contributed by atoms with Crippen LogP contribution in [-0.2, 0) is 0 Å². The van der Waals surface area contributed by atoms with Crippen molar-refractivity contribution in [1.82, 2.24) is 0 Å². The summed E-state index contributed by atoms with van der Waals surface area (Å²) >= 11 is 0. The van der Waals surface area contributed by atoms with Crippen molar-refractivity contribution >= 4 is 0 Å². The Bertz CT molecular complexity index is 107. The molecule has 0 heterocycles. The molecule has 0 aromatic rings. The summed E-state index contributed by atoms with van der Waals surface area (Å²) in [5, 5.41) is 8.64. The maximum Gasteiger partial charge on any atom is 0.0433 e. The fraction of sp³-hybridized carbons (Fsp3) is 0.778. The fourth-order valence-corrected chi connectivity index (χ4v) is 0.939. The van der Waals surface area contributed by atoms with E-state index in [4.69, 9.17) is 5.11 Å². The lowest BCUT2D eigenvalue weighted by atomic mass is 9.88. The zero-order valence-corrected chi connectivity index (χ0v) is 7.22. The van der Waals surface area contributed by atoms with Gasteiger partial charge in [-0.05, 0) is 25.2 Å². The summed E-state index contributed by atoms with van der Waals surface area (Å²) in [6.07, 6.45) is 0.883. The molecule has 0 spiro atoms. The Balaban J connectivity index is 3.69. The van der Waals surface area contributed by atoms with Crippen molar-refractivity contribution in [3.05, 3.63) is 12.2 Å². The molecule has 0 unspecified atom stereocenters. The third-order valence-corrected chi connectivity index (χ3v) is 2.22. The van der Waals surface area contributed by atoms with E-state index >= 15 is 0 Å². The molecule has 10 heavy (non-hydrogen) atoms. The van der Waals surface area contributed by atoms with E-state index in [9.17, 15) is 0 Å². The van der Waals surface area contributed by atoms with Gasteiger partial charge in [-0.15, -0.1) is 0 Å². The Morgan fingerprint density at radius 1 is 1.50 bits per heavy atom. The molecule has 60 valence electrons. The summed E-state index contributed by atoms with van der Waals surface area (Å²) in [5.74, 6) is 1.09. The SMILES string of the molecule is C=C(C)[C@@H](C)[C@@H](C)CCO. The first-order chi connectivity index (χ1) is 4.59. The molecule has 0 radical (unpaired) electrons. The topological polar surface area (TPSA) is 20.2 Å². The van der Waals surface area contributed by atoms with Crippen molar-refractivity contribution < 1.29 is 5.11 Å². The molecule has 0 saturated carbocycles. The minimum Gasteiger partial charge on any atom is -0.396 e. The molecule has 0 amide bonds. The molecular weight excluding hydrogens is 124 g/mol. The van der Waals surface area contributed by atoms with E-state index in [2.05, 4.69) is 20.4 Å². The van der Waals surface area contributed by atoms with Gasteiger partial charge in [0.05, 0.1) is 0 Å². The predicted octanol–water partition coefficient (Wildman–Crippen LogP) is 2.22. The molecule has 1 nitrogen and oxygen atoms in total. The van der Waals surface area contributed by atoms with Crippen molar-refractivity contribution in [3.63, 3.8) is 0 Å². The van der Waals surface area contributed by atoms with Crippen LogP contribution >= 0.6 is 0 Å². The van der Waals surface area contributed by atoms with Crippen LogP contribution in [0.1, 0.15) is 27.2 Å². The van der Waals surface area contributed by atoms with Gasteiger partial charge in [-0.3, -0.25) is 0 Å². The Labute approximate surface area is 63.8 Å². The molecule has 0 saturated heterocycles. The highest BCUT2D eigenvalue weighted by atomic mass is 16.3. The number of allylic oxidation sites excluding steroid dienone is 1. The molecule has 2 atom stereocenters. The maximum atomic E-state index is 8.64. The molecule has 1 N–H and O–H groups in total. The molecule has 0 aromatic heterocycles. The van der Waals surface area contributed by atoms with E-state index in [0.29, 0.717) is 18.4 Å². The second-order valence-electron chi connectivity index (χ2n) is 3.12. The van der Waals surface area contributed by atoms with Gasteiger partial charge in [0, 0.05) is 6.61 Å². The number of aliphatic hydroxyl groups excluding tert-OH is 1. The molecule has 0 aromatic carbocycles. The Morgan fingerprint density at radius 2 is 2.00 bits per heavy atom. The van der Waals surface area contributed by atoms with Gasteiger partial charge in [0.15, 0.2) is 0 Å². The van der Waals surface area contributed by atoms with Crippen LogP contribution in [0.15, 0.2) is 12.2 Å². The fourth-order valence-electron chi connectivity index (χ4n) is 0.939. The van der Waals surface area contributed by atoms with Crippen molar-refractivity contribution in [2.24, 2.45) is 11.8 Å². The number of aliphatic hydroxyl groups is 1. The van der Waals surface area contributed by atoms with E-state index in [1.165, 1.54) is 5.57 Å². The van der Waals surface area contributed by atoms with Crippen LogP contribution in [0.25, 0.3) is 0 Å². The second-order valence-corrected chi connectivity index (χ2v) is 3.12. The molecule has 0 fully saturated rings. The highest BCUT2D eigenvalue weighted by Gasteiger charge is 2.10. The van der Waals surface area contributed by atoms with E-state index < -0.39 is 0 Å². The van der Waals surface area contributed by atoms with Crippen LogP contribution in [0.3, 0.4) is 0 Å². The van der Waals surface area contributed by atoms with Crippen molar-refractivity contribution in [1.29, 1.82) is 0 Å². The first-order valence-corrected chi connectivity index (χ1v) is 3.85. The van der Waals surface area contributed by atoms with Gasteiger partial charge in [-0.25, -0.2) is 0 Å². The highest BCUT2D eigenvalue weighted by Crippen LogP contribution is 2.20. The van der Waals surface area contributed by atoms with Crippen molar-refractivity contribution in [2.45, 2.75) is 27.2 Å². The van der Waals surface area contributed by atoms with Crippen LogP contribution in [-0.4, -0.2) is 11.7 Å². The van der Waals surface area contributed by atoms with E-state index in [1.54, 1.807) is 0 Å². The molecular formula is C9H18O. The second kappa shape index (κ2) is 4.51. The number of hydrogen-bond acceptors (Lipinski definition) is 1. The van der Waals surface area contributed by atoms with E-state index in [-0.39, 0.29) is 0 Å². The van der Waals surface area contributed by atoms with Gasteiger partial charge in [0.1, 0.15) is 0 Å². The smallest absolute Gasteiger partial charge is 0.0433 e. The Morgan fingerprint density at radius 3 is 2.30 bits per heavy atom. The van der Waals surface area contributed by atoms with E-state index in [0.717, 1.165) is 6.42 Å². The summed E-state index contributed by atoms with van der Waals surface area (Å²) in [4.78, 5) is 0. The lowest BCUT2D eigenvalue weighted by molar-refractivity contribution is 0.245. The molecule has 0 rings (SSSR count). The standard InChI is InChI=1S/C9H18O/c1-7(2)9(4)8(3)5-6-10/h8-10H,1,5-6H2,2-4H3/t8-,9+/m0/s1. The maximum absolute atomic E-state index is 8.64. The first kappa shape index (κ1) is 9.70.